The maximum atomic E-state index is 9.48. The van der Waals surface area contributed by atoms with Gasteiger partial charge in [0, 0.05) is 49.4 Å². The first-order chi connectivity index (χ1) is 17.4. The highest BCUT2D eigenvalue weighted by Crippen LogP contribution is 2.36. The summed E-state index contributed by atoms with van der Waals surface area (Å²) >= 11 is 0. The minimum absolute atomic E-state index is 0.112. The lowest BCUT2D eigenvalue weighted by Crippen LogP contribution is -2.41. The molecule has 208 valence electrons. The van der Waals surface area contributed by atoms with Gasteiger partial charge in [0.15, 0.2) is 8.32 Å². The van der Waals surface area contributed by atoms with Crippen LogP contribution in [0.5, 0.6) is 11.5 Å². The Bertz CT molecular complexity index is 989. The van der Waals surface area contributed by atoms with E-state index in [0.717, 1.165) is 47.6 Å². The summed E-state index contributed by atoms with van der Waals surface area (Å²) in [4.78, 5) is 8.89. The molecule has 0 bridgehead atoms. The Morgan fingerprint density at radius 2 is 1.86 bits per heavy atom. The van der Waals surface area contributed by atoms with Crippen molar-refractivity contribution >= 4 is 20.1 Å². The van der Waals surface area contributed by atoms with Crippen LogP contribution in [0.2, 0.25) is 18.1 Å². The largest absolute Gasteiger partial charge is 0.496 e. The number of nitrogens with two attached hydrogens (primary N) is 1. The molecule has 2 rings (SSSR count). The number of aryl methyl sites for hydroxylation is 1. The minimum atomic E-state index is -1.74. The number of benzene rings is 1. The van der Waals surface area contributed by atoms with E-state index < -0.39 is 8.32 Å². The average molecular weight is 533 g/mol. The van der Waals surface area contributed by atoms with Crippen LogP contribution in [0.25, 0.3) is 0 Å². The Balaban J connectivity index is 2.11. The van der Waals surface area contributed by atoms with Crippen molar-refractivity contribution in [1.29, 1.82) is 0 Å². The van der Waals surface area contributed by atoms with E-state index in [4.69, 9.17) is 19.6 Å². The molecular weight excluding hydrogens is 484 g/mol. The number of aromatic nitrogens is 2. The number of hydrogen-bond acceptors (Lipinski definition) is 8. The summed E-state index contributed by atoms with van der Waals surface area (Å²) in [5.74, 6) is 2.46. The zero-order valence-electron chi connectivity index (χ0n) is 24.1. The van der Waals surface area contributed by atoms with Gasteiger partial charge in [-0.25, -0.2) is 4.98 Å². The monoisotopic (exact) mass is 532 g/mol. The number of nitrogen functional groups attached to an aromatic ring is 1. The maximum Gasteiger partial charge on any atom is 0.222 e. The highest BCUT2D eigenvalue weighted by Gasteiger charge is 2.36. The van der Waals surface area contributed by atoms with Crippen LogP contribution in [0, 0.1) is 6.92 Å². The molecule has 8 nitrogen and oxygen atoms in total. The smallest absolute Gasteiger partial charge is 0.222 e. The second kappa shape index (κ2) is 14.0. The van der Waals surface area contributed by atoms with E-state index in [1.165, 1.54) is 0 Å². The predicted octanol–water partition coefficient (Wildman–Crippen LogP) is 5.72. The summed E-state index contributed by atoms with van der Waals surface area (Å²) in [6.07, 6.45) is 3.99. The molecule has 1 aromatic carbocycles. The van der Waals surface area contributed by atoms with E-state index in [9.17, 15) is 5.11 Å². The van der Waals surface area contributed by atoms with Crippen molar-refractivity contribution in [2.75, 3.05) is 38.0 Å². The normalized spacial score (nSPS) is 12.9. The lowest BCUT2D eigenvalue weighted by Gasteiger charge is -2.36. The van der Waals surface area contributed by atoms with Crippen molar-refractivity contribution in [2.45, 2.75) is 90.9 Å². The van der Waals surface area contributed by atoms with Gasteiger partial charge in [-0.15, -0.1) is 0 Å². The molecule has 2 aromatic rings. The van der Waals surface area contributed by atoms with Gasteiger partial charge < -0.3 is 30.1 Å². The van der Waals surface area contributed by atoms with Crippen LogP contribution in [-0.2, 0) is 10.8 Å². The fourth-order valence-electron chi connectivity index (χ4n) is 3.88. The Morgan fingerprint density at radius 3 is 2.49 bits per heavy atom. The first kappa shape index (κ1) is 30.9. The molecule has 37 heavy (non-hydrogen) atoms. The van der Waals surface area contributed by atoms with Gasteiger partial charge in [-0.1, -0.05) is 40.2 Å². The molecule has 1 unspecified atom stereocenters. The van der Waals surface area contributed by atoms with E-state index in [-0.39, 0.29) is 23.6 Å². The Labute approximate surface area is 224 Å². The minimum Gasteiger partial charge on any atom is -0.496 e. The van der Waals surface area contributed by atoms with Crippen molar-refractivity contribution in [1.82, 2.24) is 9.97 Å². The third-order valence-corrected chi connectivity index (χ3v) is 11.7. The number of nitrogens with zero attached hydrogens (tertiary/aromatic N) is 2. The van der Waals surface area contributed by atoms with Crippen molar-refractivity contribution in [3.05, 3.63) is 35.0 Å². The van der Waals surface area contributed by atoms with Crippen LogP contribution >= 0.6 is 0 Å². The highest BCUT2D eigenvalue weighted by molar-refractivity contribution is 6.74. The Morgan fingerprint density at radius 1 is 1.14 bits per heavy atom. The number of aliphatic hydroxyl groups is 1. The van der Waals surface area contributed by atoms with Gasteiger partial charge in [-0.3, -0.25) is 0 Å². The van der Waals surface area contributed by atoms with Gasteiger partial charge in [-0.2, -0.15) is 4.98 Å². The summed E-state index contributed by atoms with van der Waals surface area (Å²) in [5, 5.41) is 13.2. The van der Waals surface area contributed by atoms with Crippen LogP contribution in [0.15, 0.2) is 18.2 Å². The molecule has 0 spiro atoms. The van der Waals surface area contributed by atoms with Gasteiger partial charge in [0.2, 0.25) is 5.95 Å². The molecule has 0 aliphatic rings. The summed E-state index contributed by atoms with van der Waals surface area (Å²) in [5.41, 5.74) is 8.76. The summed E-state index contributed by atoms with van der Waals surface area (Å²) in [7, 11) is -0.0714. The molecule has 0 saturated carbocycles. The molecule has 4 N–H and O–H groups in total. The summed E-state index contributed by atoms with van der Waals surface area (Å²) in [6, 6.07) is 6.03. The number of methoxy groups -OCH3 is 1. The van der Waals surface area contributed by atoms with Gasteiger partial charge in [0.05, 0.1) is 13.7 Å². The fraction of sp³-hybridized carbons (Fsp3) is 0.643. The number of rotatable bonds is 15. The fourth-order valence-corrected chi connectivity index (χ4v) is 4.97. The molecule has 9 heteroatoms. The quantitative estimate of drug-likeness (QED) is 0.197. The van der Waals surface area contributed by atoms with Crippen LogP contribution in [-0.4, -0.2) is 56.4 Å². The average Bonchev–Trinajstić information content (AvgIpc) is 2.81. The molecule has 0 saturated heterocycles. The molecular formula is C28H48N4O4Si. The Hall–Kier alpha value is -2.36. The van der Waals surface area contributed by atoms with Crippen LogP contribution in [0.3, 0.4) is 0 Å². The van der Waals surface area contributed by atoms with Crippen molar-refractivity contribution < 1.29 is 19.0 Å². The van der Waals surface area contributed by atoms with E-state index >= 15 is 0 Å². The third-order valence-electron chi connectivity index (χ3n) is 7.14. The first-order valence-electron chi connectivity index (χ1n) is 13.4. The molecule has 0 fully saturated rings. The number of nitrogens with one attached hydrogen (secondary N) is 1. The summed E-state index contributed by atoms with van der Waals surface area (Å²) in [6.45, 7) is 16.7. The standard InChI is InChI=1S/C28H48N4O4Si/c1-9-11-22(14-15-33)31-26-24(20(2)30-27(29)32-26)18-21-12-13-23(19-25(21)34-6)35-16-10-17-36-37(7,8)28(3,4)5/h12-13,19,22,33H,9-11,14-18H2,1-8H3,(H3,29,30,31,32). The second-order valence-corrected chi connectivity index (χ2v) is 15.9. The van der Waals surface area contributed by atoms with Gasteiger partial charge >= 0.3 is 0 Å². The zero-order valence-corrected chi connectivity index (χ0v) is 25.1. The first-order valence-corrected chi connectivity index (χ1v) is 16.3. The van der Waals surface area contributed by atoms with Crippen LogP contribution in [0.1, 0.15) is 70.2 Å². The molecule has 0 radical (unpaired) electrons. The topological polar surface area (TPSA) is 112 Å². The van der Waals surface area contributed by atoms with E-state index in [1.807, 2.05) is 25.1 Å². The number of aliphatic hydroxyl groups excluding tert-OH is 1. The maximum absolute atomic E-state index is 9.48. The zero-order chi connectivity index (χ0) is 27.6. The summed E-state index contributed by atoms with van der Waals surface area (Å²) < 4.78 is 18.0. The molecule has 1 aromatic heterocycles. The van der Waals surface area contributed by atoms with E-state index in [2.05, 4.69) is 56.1 Å². The molecule has 0 aliphatic carbocycles. The molecule has 0 aliphatic heterocycles. The van der Waals surface area contributed by atoms with Crippen molar-refractivity contribution in [2.24, 2.45) is 0 Å². The Kier molecular flexibility index (Phi) is 11.7. The van der Waals surface area contributed by atoms with Crippen molar-refractivity contribution in [3.8, 4) is 11.5 Å². The van der Waals surface area contributed by atoms with Gasteiger partial charge in [-0.05, 0) is 49.5 Å². The van der Waals surface area contributed by atoms with Gasteiger partial charge in [0.1, 0.15) is 17.3 Å². The van der Waals surface area contributed by atoms with Crippen LogP contribution in [0.4, 0.5) is 11.8 Å². The van der Waals surface area contributed by atoms with Crippen molar-refractivity contribution in [3.63, 3.8) is 0 Å². The second-order valence-electron chi connectivity index (χ2n) is 11.1. The highest BCUT2D eigenvalue weighted by atomic mass is 28.4. The molecule has 0 amide bonds. The SMILES string of the molecule is CCCC(CCO)Nc1nc(N)nc(C)c1Cc1ccc(OCCCO[Si](C)(C)C(C)(C)C)cc1OC. The number of anilines is 2. The lowest BCUT2D eigenvalue weighted by atomic mass is 10.0. The third kappa shape index (κ3) is 9.16. The molecule has 1 atom stereocenters. The number of ether oxygens (including phenoxy) is 2. The molecule has 1 heterocycles. The van der Waals surface area contributed by atoms with Gasteiger partial charge in [0.25, 0.3) is 0 Å². The number of hydrogen-bond donors (Lipinski definition) is 3. The van der Waals surface area contributed by atoms with Crippen LogP contribution < -0.4 is 20.5 Å². The van der Waals surface area contributed by atoms with E-state index in [1.54, 1.807) is 7.11 Å². The predicted molar refractivity (Wildman–Crippen MR) is 154 cm³/mol. The lowest BCUT2D eigenvalue weighted by molar-refractivity contribution is 0.233. The van der Waals surface area contributed by atoms with E-state index in [0.29, 0.717) is 31.9 Å².